The number of hydrogen-bond donors (Lipinski definition) is 2. The second-order valence-electron chi connectivity index (χ2n) is 4.79. The fourth-order valence-electron chi connectivity index (χ4n) is 2.30. The van der Waals surface area contributed by atoms with Crippen LogP contribution in [0.15, 0.2) is 24.3 Å². The van der Waals surface area contributed by atoms with Crippen molar-refractivity contribution >= 4 is 5.97 Å². The van der Waals surface area contributed by atoms with Gasteiger partial charge in [-0.05, 0) is 37.5 Å². The molecule has 1 aromatic carbocycles. The first-order valence-corrected chi connectivity index (χ1v) is 6.24. The third-order valence-corrected chi connectivity index (χ3v) is 3.67. The molecule has 2 N–H and O–H groups in total. The van der Waals surface area contributed by atoms with Crippen molar-refractivity contribution in [3.8, 4) is 5.75 Å². The minimum absolute atomic E-state index is 0.0969. The summed E-state index contributed by atoms with van der Waals surface area (Å²) in [6.07, 6.45) is 1.72. The molecule has 4 heteroatoms. The largest absolute Gasteiger partial charge is 0.497 e. The zero-order valence-corrected chi connectivity index (χ0v) is 10.7. The Kier molecular flexibility index (Phi) is 3.87. The summed E-state index contributed by atoms with van der Waals surface area (Å²) < 4.78 is 5.11. The van der Waals surface area contributed by atoms with E-state index in [4.69, 9.17) is 9.84 Å². The number of aliphatic carboxylic acids is 1. The number of carboxylic acids is 1. The Morgan fingerprint density at radius 3 is 2.50 bits per heavy atom. The normalized spacial score (nSPS) is 24.1. The maximum Gasteiger partial charge on any atom is 0.308 e. The quantitative estimate of drug-likeness (QED) is 0.840. The Bertz CT molecular complexity index is 416. The van der Waals surface area contributed by atoms with E-state index in [1.807, 2.05) is 24.3 Å². The lowest BCUT2D eigenvalue weighted by molar-refractivity contribution is -0.146. The van der Waals surface area contributed by atoms with Crippen molar-refractivity contribution in [3.05, 3.63) is 29.8 Å². The van der Waals surface area contributed by atoms with Crippen LogP contribution in [0.25, 0.3) is 0 Å². The smallest absolute Gasteiger partial charge is 0.308 e. The highest BCUT2D eigenvalue weighted by Gasteiger charge is 2.37. The van der Waals surface area contributed by atoms with Crippen molar-refractivity contribution in [2.75, 3.05) is 7.11 Å². The van der Waals surface area contributed by atoms with Gasteiger partial charge >= 0.3 is 5.97 Å². The molecule has 1 aliphatic carbocycles. The van der Waals surface area contributed by atoms with Crippen LogP contribution in [0.1, 0.15) is 31.4 Å². The summed E-state index contributed by atoms with van der Waals surface area (Å²) in [4.78, 5) is 10.9. The maximum atomic E-state index is 10.9. The molecule has 0 heterocycles. The number of benzene rings is 1. The Hall–Kier alpha value is -1.55. The van der Waals surface area contributed by atoms with Gasteiger partial charge in [-0.15, -0.1) is 0 Å². The third-order valence-electron chi connectivity index (χ3n) is 3.67. The van der Waals surface area contributed by atoms with Crippen LogP contribution in [0.2, 0.25) is 0 Å². The van der Waals surface area contributed by atoms with E-state index in [-0.39, 0.29) is 18.0 Å². The second kappa shape index (κ2) is 5.40. The summed E-state index contributed by atoms with van der Waals surface area (Å²) >= 11 is 0. The molecule has 1 aliphatic rings. The van der Waals surface area contributed by atoms with Crippen LogP contribution < -0.4 is 10.1 Å². The number of carbonyl (C=O) groups is 1. The Labute approximate surface area is 107 Å². The molecule has 0 saturated heterocycles. The van der Waals surface area contributed by atoms with E-state index in [1.54, 1.807) is 7.11 Å². The molecule has 0 radical (unpaired) electrons. The highest BCUT2D eigenvalue weighted by molar-refractivity contribution is 5.72. The fourth-order valence-corrected chi connectivity index (χ4v) is 2.30. The first-order chi connectivity index (χ1) is 8.61. The van der Waals surface area contributed by atoms with Crippen molar-refractivity contribution in [2.24, 2.45) is 5.92 Å². The highest BCUT2D eigenvalue weighted by Crippen LogP contribution is 2.30. The molecule has 0 aromatic heterocycles. The van der Waals surface area contributed by atoms with Crippen molar-refractivity contribution in [1.29, 1.82) is 0 Å². The Balaban J connectivity index is 1.94. The van der Waals surface area contributed by atoms with Gasteiger partial charge in [0, 0.05) is 12.1 Å². The average molecular weight is 249 g/mol. The van der Waals surface area contributed by atoms with E-state index in [0.29, 0.717) is 0 Å². The Morgan fingerprint density at radius 2 is 2.06 bits per heavy atom. The van der Waals surface area contributed by atoms with E-state index in [1.165, 1.54) is 0 Å². The fraction of sp³-hybridized carbons (Fsp3) is 0.500. The summed E-state index contributed by atoms with van der Waals surface area (Å²) in [6.45, 7) is 2.05. The predicted molar refractivity (Wildman–Crippen MR) is 68.7 cm³/mol. The van der Waals surface area contributed by atoms with E-state index >= 15 is 0 Å². The van der Waals surface area contributed by atoms with Gasteiger partial charge in [-0.2, -0.15) is 0 Å². The van der Waals surface area contributed by atoms with Gasteiger partial charge in [0.05, 0.1) is 13.0 Å². The lowest BCUT2D eigenvalue weighted by atomic mass is 9.79. The molecule has 2 unspecified atom stereocenters. The topological polar surface area (TPSA) is 58.6 Å². The van der Waals surface area contributed by atoms with Crippen LogP contribution in [-0.4, -0.2) is 24.2 Å². The molecule has 3 atom stereocenters. The number of ether oxygens (including phenoxy) is 1. The van der Waals surface area contributed by atoms with Gasteiger partial charge in [0.2, 0.25) is 0 Å². The number of hydrogen-bond acceptors (Lipinski definition) is 3. The molecular weight excluding hydrogens is 230 g/mol. The van der Waals surface area contributed by atoms with Crippen molar-refractivity contribution < 1.29 is 14.6 Å². The predicted octanol–water partition coefficient (Wildman–Crippen LogP) is 2.21. The summed E-state index contributed by atoms with van der Waals surface area (Å²) in [7, 11) is 1.64. The molecule has 4 nitrogen and oxygen atoms in total. The summed E-state index contributed by atoms with van der Waals surface area (Å²) in [6, 6.07) is 8.10. The molecular formula is C14H19NO3. The number of carboxylic acid groups (broad SMARTS) is 1. The standard InChI is InChI=1S/C14H19NO3/c1-9(10-3-5-11(18-2)6-4-10)15-13-8-7-12(13)14(16)17/h3-6,9,12-13,15H,7-8H2,1-2H3,(H,16,17)/t9-,12?,13?/m0/s1. The van der Waals surface area contributed by atoms with Gasteiger partial charge < -0.3 is 15.2 Å². The van der Waals surface area contributed by atoms with Crippen molar-refractivity contribution in [1.82, 2.24) is 5.32 Å². The zero-order chi connectivity index (χ0) is 13.1. The minimum Gasteiger partial charge on any atom is -0.497 e. The maximum absolute atomic E-state index is 10.9. The lowest BCUT2D eigenvalue weighted by Crippen LogP contribution is -2.48. The van der Waals surface area contributed by atoms with Crippen molar-refractivity contribution in [2.45, 2.75) is 31.8 Å². The molecule has 1 fully saturated rings. The summed E-state index contributed by atoms with van der Waals surface area (Å²) in [5, 5.41) is 12.4. The molecule has 1 saturated carbocycles. The lowest BCUT2D eigenvalue weighted by Gasteiger charge is -2.36. The van der Waals surface area contributed by atoms with Crippen LogP contribution in [0.4, 0.5) is 0 Å². The third kappa shape index (κ3) is 2.64. The van der Waals surface area contributed by atoms with Gasteiger partial charge in [-0.3, -0.25) is 4.79 Å². The first kappa shape index (κ1) is 12.9. The molecule has 0 aliphatic heterocycles. The minimum atomic E-state index is -0.694. The van der Waals surface area contributed by atoms with Crippen LogP contribution in [-0.2, 0) is 4.79 Å². The van der Waals surface area contributed by atoms with Crippen LogP contribution in [0.3, 0.4) is 0 Å². The molecule has 1 aromatic rings. The van der Waals surface area contributed by atoms with Gasteiger partial charge in [-0.1, -0.05) is 12.1 Å². The van der Waals surface area contributed by atoms with Crippen LogP contribution in [0, 0.1) is 5.92 Å². The zero-order valence-electron chi connectivity index (χ0n) is 10.7. The summed E-state index contributed by atoms with van der Waals surface area (Å²) in [5.41, 5.74) is 1.15. The van der Waals surface area contributed by atoms with Gasteiger partial charge in [0.25, 0.3) is 0 Å². The van der Waals surface area contributed by atoms with E-state index in [9.17, 15) is 4.79 Å². The second-order valence-corrected chi connectivity index (χ2v) is 4.79. The highest BCUT2D eigenvalue weighted by atomic mass is 16.5. The molecule has 98 valence electrons. The van der Waals surface area contributed by atoms with E-state index in [2.05, 4.69) is 12.2 Å². The average Bonchev–Trinajstić information content (AvgIpc) is 2.33. The number of methoxy groups -OCH3 is 1. The Morgan fingerprint density at radius 1 is 1.39 bits per heavy atom. The summed E-state index contributed by atoms with van der Waals surface area (Å²) in [5.74, 6) is -0.0932. The van der Waals surface area contributed by atoms with Crippen molar-refractivity contribution in [3.63, 3.8) is 0 Å². The molecule has 0 spiro atoms. The van der Waals surface area contributed by atoms with Crippen LogP contribution in [0.5, 0.6) is 5.75 Å². The molecule has 0 bridgehead atoms. The number of nitrogens with one attached hydrogen (secondary N) is 1. The molecule has 18 heavy (non-hydrogen) atoms. The van der Waals surface area contributed by atoms with Crippen LogP contribution >= 0.6 is 0 Å². The first-order valence-electron chi connectivity index (χ1n) is 6.24. The molecule has 0 amide bonds. The van der Waals surface area contributed by atoms with Gasteiger partial charge in [0.15, 0.2) is 0 Å². The number of rotatable bonds is 5. The van der Waals surface area contributed by atoms with Gasteiger partial charge in [0.1, 0.15) is 5.75 Å². The SMILES string of the molecule is COc1ccc([C@H](C)NC2CCC2C(=O)O)cc1. The molecule has 2 rings (SSSR count). The van der Waals surface area contributed by atoms with E-state index in [0.717, 1.165) is 24.2 Å². The van der Waals surface area contributed by atoms with E-state index < -0.39 is 5.97 Å². The van der Waals surface area contributed by atoms with Gasteiger partial charge in [-0.25, -0.2) is 0 Å². The monoisotopic (exact) mass is 249 g/mol.